The van der Waals surface area contributed by atoms with Crippen LogP contribution in [-0.2, 0) is 36.7 Å². The Bertz CT molecular complexity index is 954. The maximum absolute atomic E-state index is 12.6. The van der Waals surface area contributed by atoms with E-state index in [-0.39, 0.29) is 19.1 Å². The molecule has 184 valence electrons. The number of esters is 2. The van der Waals surface area contributed by atoms with Crippen molar-refractivity contribution < 1.29 is 42.0 Å². The monoisotopic (exact) mass is 476 g/mol. The molecule has 0 fully saturated rings. The molecule has 0 saturated heterocycles. The highest BCUT2D eigenvalue weighted by Gasteiger charge is 2.37. The number of aliphatic hydroxyl groups excluding tert-OH is 3. The van der Waals surface area contributed by atoms with Crippen molar-refractivity contribution in [2.75, 3.05) is 6.61 Å². The minimum absolute atomic E-state index is 0.0140. The van der Waals surface area contributed by atoms with E-state index in [0.717, 1.165) is 5.56 Å². The fraction of sp³-hybridized carbons (Fsp3) is 0.375. The molecule has 2 rings (SSSR count). The molecule has 7 N–H and O–H groups in total. The largest absolute Gasteiger partial charge is 0.462 e. The lowest BCUT2D eigenvalue weighted by Gasteiger charge is -2.29. The van der Waals surface area contributed by atoms with E-state index in [0.29, 0.717) is 5.56 Å². The third-order valence-electron chi connectivity index (χ3n) is 4.99. The van der Waals surface area contributed by atoms with Gasteiger partial charge in [0.25, 0.3) is 0 Å². The Hall–Kier alpha value is -3.15. The molecule has 10 nitrogen and oxygen atoms in total. The van der Waals surface area contributed by atoms with Crippen LogP contribution in [0.5, 0.6) is 0 Å². The van der Waals surface area contributed by atoms with Crippen molar-refractivity contribution in [3.05, 3.63) is 71.8 Å². The fourth-order valence-corrected chi connectivity index (χ4v) is 3.09. The predicted octanol–water partition coefficient (Wildman–Crippen LogP) is -1.14. The number of hydrogen-bond donors (Lipinski definition) is 5. The molecule has 0 saturated carbocycles. The summed E-state index contributed by atoms with van der Waals surface area (Å²) in [4.78, 5) is 36.0. The van der Waals surface area contributed by atoms with Crippen molar-refractivity contribution >= 4 is 18.2 Å². The van der Waals surface area contributed by atoms with Gasteiger partial charge in [0, 0.05) is 0 Å². The summed E-state index contributed by atoms with van der Waals surface area (Å²) in [6, 6.07) is 15.3. The van der Waals surface area contributed by atoms with Gasteiger partial charge in [0.05, 0.1) is 0 Å². The molecule has 0 radical (unpaired) electrons. The normalized spacial score (nSPS) is 17.1. The molecule has 0 bridgehead atoms. The van der Waals surface area contributed by atoms with Crippen LogP contribution in [0.2, 0.25) is 2.82 Å². The Labute approximate surface area is 200 Å². The molecule has 0 aromatic heterocycles. The molecule has 0 spiro atoms. The maximum Gasteiger partial charge on any atom is 0.323 e. The Balaban J connectivity index is 1.98. The van der Waals surface area contributed by atoms with Gasteiger partial charge in [-0.15, -0.1) is 0 Å². The summed E-state index contributed by atoms with van der Waals surface area (Å²) >= 11 is 0. The van der Waals surface area contributed by atoms with Crippen LogP contribution in [0.3, 0.4) is 0 Å². The minimum atomic E-state index is -2.01. The summed E-state index contributed by atoms with van der Waals surface area (Å²) in [6.07, 6.45) is -7.56. The van der Waals surface area contributed by atoms with Crippen LogP contribution in [0.4, 0.5) is 0 Å². The highest BCUT2D eigenvalue weighted by atomic mass is 16.6. The summed E-state index contributed by atoms with van der Waals surface area (Å²) in [7, 11) is 0. The van der Waals surface area contributed by atoms with Gasteiger partial charge in [0.2, 0.25) is 0 Å². The van der Waals surface area contributed by atoms with Gasteiger partial charge in [-0.25, -0.2) is 0 Å². The molecule has 0 unspecified atom stereocenters. The van der Waals surface area contributed by atoms with E-state index in [1.165, 1.54) is 0 Å². The molecule has 2 aromatic carbocycles. The molecular formula is C24H30N2O8. The topological polar surface area (TPSA) is 182 Å². The minimum Gasteiger partial charge on any atom is -0.462 e. The van der Waals surface area contributed by atoms with Gasteiger partial charge in [-0.3, -0.25) is 9.59 Å². The van der Waals surface area contributed by atoms with Gasteiger partial charge in [0.15, 0.2) is 12.4 Å². The zero-order chi connectivity index (χ0) is 26.5. The van der Waals surface area contributed by atoms with Crippen LogP contribution in [0.1, 0.15) is 11.1 Å². The summed E-state index contributed by atoms with van der Waals surface area (Å²) in [5.41, 5.74) is 5.56. The molecule has 0 amide bonds. The molecule has 0 aliphatic rings. The van der Waals surface area contributed by atoms with Crippen molar-refractivity contribution in [3.8, 4) is 0 Å². The number of aldehydes is 1. The van der Waals surface area contributed by atoms with Crippen molar-refractivity contribution in [1.29, 1.82) is 0 Å². The van der Waals surface area contributed by atoms with E-state index < -0.39 is 55.0 Å². The van der Waals surface area contributed by atoms with Gasteiger partial charge < -0.3 is 41.0 Å². The Morgan fingerprint density at radius 2 is 1.38 bits per heavy atom. The first-order valence-electron chi connectivity index (χ1n) is 11.6. The average molecular weight is 477 g/mol. The molecule has 2 aromatic rings. The van der Waals surface area contributed by atoms with Crippen LogP contribution in [0.25, 0.3) is 0 Å². The number of aliphatic hydroxyl groups is 3. The summed E-state index contributed by atoms with van der Waals surface area (Å²) in [6.45, 7) is -0.767. The Morgan fingerprint density at radius 1 is 0.882 bits per heavy atom. The van der Waals surface area contributed by atoms with Gasteiger partial charge in [-0.2, -0.15) is 0 Å². The number of carbonyl (C=O) groups excluding carboxylic acids is 3. The zero-order valence-electron chi connectivity index (χ0n) is 20.3. The van der Waals surface area contributed by atoms with E-state index in [4.69, 9.17) is 12.3 Å². The quantitative estimate of drug-likeness (QED) is 0.156. The first kappa shape index (κ1) is 24.0. The second-order valence-electron chi connectivity index (χ2n) is 7.70. The molecule has 10 heteroatoms. The third-order valence-corrected chi connectivity index (χ3v) is 4.99. The number of ether oxygens (including phenoxy) is 2. The van der Waals surface area contributed by atoms with Crippen LogP contribution in [0, 0.1) is 0 Å². The lowest BCUT2D eigenvalue weighted by molar-refractivity contribution is -0.178. The van der Waals surface area contributed by atoms with E-state index >= 15 is 0 Å². The second-order valence-corrected chi connectivity index (χ2v) is 7.70. The predicted molar refractivity (Wildman–Crippen MR) is 121 cm³/mol. The summed E-state index contributed by atoms with van der Waals surface area (Å²) in [5, 5.41) is 30.7. The molecule has 0 aliphatic carbocycles. The van der Waals surface area contributed by atoms with Gasteiger partial charge in [-0.05, 0) is 24.0 Å². The molecule has 34 heavy (non-hydrogen) atoms. The van der Waals surface area contributed by atoms with Crippen molar-refractivity contribution in [2.24, 2.45) is 11.5 Å². The van der Waals surface area contributed by atoms with Crippen LogP contribution < -0.4 is 11.5 Å². The van der Waals surface area contributed by atoms with Gasteiger partial charge in [-0.1, -0.05) is 60.7 Å². The molecule has 0 aliphatic heterocycles. The maximum atomic E-state index is 12.6. The van der Waals surface area contributed by atoms with Crippen LogP contribution >= 0.6 is 0 Å². The highest BCUT2D eigenvalue weighted by molar-refractivity contribution is 5.77. The van der Waals surface area contributed by atoms with Gasteiger partial charge in [0.1, 0.15) is 39.8 Å². The number of hydrogen-bond acceptors (Lipinski definition) is 10. The number of nitrogens with two attached hydrogens (primary N) is 2. The Morgan fingerprint density at radius 3 is 1.85 bits per heavy atom. The number of carbonyl (C=O) groups is 3. The van der Waals surface area contributed by atoms with Crippen molar-refractivity contribution in [2.45, 2.75) is 49.3 Å². The van der Waals surface area contributed by atoms with E-state index in [2.05, 4.69) is 5.73 Å². The first-order valence-corrected chi connectivity index (χ1v) is 10.6. The van der Waals surface area contributed by atoms with Crippen molar-refractivity contribution in [3.63, 3.8) is 0 Å². The molecule has 0 heterocycles. The number of benzene rings is 2. The molecule has 6 atom stereocenters. The number of rotatable bonds is 15. The average Bonchev–Trinajstić information content (AvgIpc) is 2.91. The van der Waals surface area contributed by atoms with Crippen molar-refractivity contribution in [1.82, 2.24) is 0 Å². The highest BCUT2D eigenvalue weighted by Crippen LogP contribution is 2.13. The SMILES string of the molecule is [2H]N[C@@H](Cc1ccccc1)C(=O)OC[C@@H](O)[C@H](O)[C@H](OC(=O)[C@H](Cc1ccccc1)N[2H])[C@@H](O)C=O. The van der Waals surface area contributed by atoms with Crippen LogP contribution in [-0.4, -0.2) is 76.7 Å². The first-order chi connectivity index (χ1) is 17.3. The van der Waals surface area contributed by atoms with E-state index in [1.54, 1.807) is 60.7 Å². The smallest absolute Gasteiger partial charge is 0.323 e. The zero-order valence-corrected chi connectivity index (χ0v) is 18.3. The summed E-state index contributed by atoms with van der Waals surface area (Å²) < 4.78 is 24.8. The Kier molecular flexibility index (Phi) is 9.55. The lowest BCUT2D eigenvalue weighted by Crippen LogP contribution is -2.51. The van der Waals surface area contributed by atoms with Gasteiger partial charge >= 0.3 is 11.9 Å². The van der Waals surface area contributed by atoms with Crippen LogP contribution in [0.15, 0.2) is 60.7 Å². The van der Waals surface area contributed by atoms with E-state index in [9.17, 15) is 29.7 Å². The third kappa shape index (κ3) is 8.32. The molecular weight excluding hydrogens is 444 g/mol. The summed E-state index contributed by atoms with van der Waals surface area (Å²) in [5.74, 6) is -1.93. The second kappa shape index (κ2) is 13.5. The standard InChI is InChI=1S/C24H30N2O8/c25-17(11-15-7-3-1-4-8-15)23(31)33-14-20(29)21(30)22(19(28)13-27)34-24(32)18(26)12-16-9-5-2-6-10-16/h1-10,13,17-22,28-30H,11-12,14,25-26H2/t17-,18-,19-,20+,21-,22+/m0/s1/i/hD2. The fourth-order valence-electron chi connectivity index (χ4n) is 3.09. The van der Waals surface area contributed by atoms with E-state index in [1.807, 2.05) is 5.73 Å². The lowest BCUT2D eigenvalue weighted by atomic mass is 10.0.